The number of aliphatic hydroxyl groups excluding tert-OH is 1. The highest BCUT2D eigenvalue weighted by molar-refractivity contribution is 5.78. The number of guanidine groups is 1. The smallest absolute Gasteiger partial charge is 0.191 e. The average molecular weight is 227 g/mol. The Morgan fingerprint density at radius 1 is 1.38 bits per heavy atom. The van der Waals surface area contributed by atoms with E-state index in [4.69, 9.17) is 5.73 Å². The van der Waals surface area contributed by atoms with Crippen molar-refractivity contribution in [1.82, 2.24) is 4.90 Å². The maximum Gasteiger partial charge on any atom is 0.191 e. The number of likely N-dealkylation sites (tertiary alicyclic amines) is 1. The summed E-state index contributed by atoms with van der Waals surface area (Å²) in [6.07, 6.45) is 1.82. The summed E-state index contributed by atoms with van der Waals surface area (Å²) in [4.78, 5) is 6.50. The minimum absolute atomic E-state index is 0.198. The first kappa shape index (κ1) is 13.3. The topological polar surface area (TPSA) is 61.8 Å². The summed E-state index contributed by atoms with van der Waals surface area (Å²) in [7, 11) is 0. The number of piperidine rings is 1. The number of hydrogen-bond donors (Lipinski definition) is 2. The first-order valence-electron chi connectivity index (χ1n) is 6.23. The molecule has 0 spiro atoms. The molecular weight excluding hydrogens is 202 g/mol. The second-order valence-electron chi connectivity index (χ2n) is 5.16. The van der Waals surface area contributed by atoms with Crippen molar-refractivity contribution in [1.29, 1.82) is 0 Å². The molecule has 0 aromatic carbocycles. The van der Waals surface area contributed by atoms with E-state index >= 15 is 0 Å². The van der Waals surface area contributed by atoms with Gasteiger partial charge in [0, 0.05) is 19.6 Å². The predicted octanol–water partition coefficient (Wildman–Crippen LogP) is 1.05. The van der Waals surface area contributed by atoms with E-state index in [1.807, 2.05) is 6.92 Å². The van der Waals surface area contributed by atoms with Crippen LogP contribution in [0.15, 0.2) is 4.99 Å². The third-order valence-corrected chi connectivity index (χ3v) is 3.16. The second-order valence-corrected chi connectivity index (χ2v) is 5.16. The Kier molecular flexibility index (Phi) is 5.06. The van der Waals surface area contributed by atoms with E-state index in [-0.39, 0.29) is 6.10 Å². The minimum atomic E-state index is -0.198. The van der Waals surface area contributed by atoms with Crippen molar-refractivity contribution >= 4 is 5.96 Å². The Morgan fingerprint density at radius 2 is 1.94 bits per heavy atom. The van der Waals surface area contributed by atoms with Crippen molar-refractivity contribution in [2.45, 2.75) is 39.7 Å². The van der Waals surface area contributed by atoms with Crippen molar-refractivity contribution in [2.75, 3.05) is 19.6 Å². The zero-order valence-corrected chi connectivity index (χ0v) is 10.7. The van der Waals surface area contributed by atoms with Crippen molar-refractivity contribution < 1.29 is 5.11 Å². The van der Waals surface area contributed by atoms with Crippen LogP contribution in [0.2, 0.25) is 0 Å². The Bertz CT molecular complexity index is 230. The minimum Gasteiger partial charge on any atom is -0.393 e. The molecule has 4 nitrogen and oxygen atoms in total. The molecule has 1 heterocycles. The van der Waals surface area contributed by atoms with Crippen molar-refractivity contribution in [3.8, 4) is 0 Å². The fourth-order valence-electron chi connectivity index (χ4n) is 1.99. The molecule has 0 aromatic rings. The molecule has 0 aromatic heterocycles. The first-order chi connectivity index (χ1) is 7.50. The van der Waals surface area contributed by atoms with E-state index in [0.717, 1.165) is 32.5 Å². The lowest BCUT2D eigenvalue weighted by Crippen LogP contribution is -2.44. The Labute approximate surface area is 98.5 Å². The van der Waals surface area contributed by atoms with Crippen LogP contribution in [0.25, 0.3) is 0 Å². The van der Waals surface area contributed by atoms with E-state index in [1.54, 1.807) is 0 Å². The summed E-state index contributed by atoms with van der Waals surface area (Å²) in [6.45, 7) is 8.78. The SMILES string of the molecule is CC(C)CN=C(N)N1CCC(C(C)O)CC1. The van der Waals surface area contributed by atoms with E-state index in [2.05, 4.69) is 23.7 Å². The highest BCUT2D eigenvalue weighted by Gasteiger charge is 2.23. The molecule has 4 heteroatoms. The number of aliphatic hydroxyl groups is 1. The molecule has 1 rings (SSSR count). The lowest BCUT2D eigenvalue weighted by molar-refractivity contribution is 0.0886. The zero-order valence-electron chi connectivity index (χ0n) is 10.7. The van der Waals surface area contributed by atoms with Gasteiger partial charge in [0.2, 0.25) is 0 Å². The van der Waals surface area contributed by atoms with Gasteiger partial charge in [-0.1, -0.05) is 13.8 Å². The van der Waals surface area contributed by atoms with Gasteiger partial charge in [-0.05, 0) is 31.6 Å². The van der Waals surface area contributed by atoms with Crippen LogP contribution in [0, 0.1) is 11.8 Å². The molecule has 1 unspecified atom stereocenters. The zero-order chi connectivity index (χ0) is 12.1. The lowest BCUT2D eigenvalue weighted by Gasteiger charge is -2.33. The van der Waals surface area contributed by atoms with Crippen LogP contribution in [-0.2, 0) is 0 Å². The Morgan fingerprint density at radius 3 is 2.38 bits per heavy atom. The summed E-state index contributed by atoms with van der Waals surface area (Å²) in [5.41, 5.74) is 5.93. The molecule has 0 aliphatic carbocycles. The van der Waals surface area contributed by atoms with Gasteiger partial charge in [-0.15, -0.1) is 0 Å². The van der Waals surface area contributed by atoms with Crippen LogP contribution in [0.4, 0.5) is 0 Å². The van der Waals surface area contributed by atoms with E-state index in [0.29, 0.717) is 17.8 Å². The van der Waals surface area contributed by atoms with Gasteiger partial charge >= 0.3 is 0 Å². The van der Waals surface area contributed by atoms with E-state index < -0.39 is 0 Å². The Balaban J connectivity index is 2.38. The fourth-order valence-corrected chi connectivity index (χ4v) is 1.99. The van der Waals surface area contributed by atoms with Gasteiger partial charge in [0.25, 0.3) is 0 Å². The van der Waals surface area contributed by atoms with Gasteiger partial charge in [-0.3, -0.25) is 4.99 Å². The summed E-state index contributed by atoms with van der Waals surface area (Å²) in [5, 5.41) is 9.50. The third kappa shape index (κ3) is 4.00. The maximum atomic E-state index is 9.50. The standard InChI is InChI=1S/C12H25N3O/c1-9(2)8-14-12(13)15-6-4-11(5-7-15)10(3)16/h9-11,16H,4-8H2,1-3H3,(H2,13,14). The molecule has 0 bridgehead atoms. The van der Waals surface area contributed by atoms with E-state index in [9.17, 15) is 5.11 Å². The van der Waals surface area contributed by atoms with Gasteiger partial charge in [-0.2, -0.15) is 0 Å². The van der Waals surface area contributed by atoms with Gasteiger partial charge in [0.15, 0.2) is 5.96 Å². The van der Waals surface area contributed by atoms with Gasteiger partial charge in [-0.25, -0.2) is 0 Å². The summed E-state index contributed by atoms with van der Waals surface area (Å²) in [5.74, 6) is 1.64. The molecule has 0 radical (unpaired) electrons. The molecule has 1 atom stereocenters. The van der Waals surface area contributed by atoms with Gasteiger partial charge in [0.05, 0.1) is 6.10 Å². The third-order valence-electron chi connectivity index (χ3n) is 3.16. The number of nitrogens with zero attached hydrogens (tertiary/aromatic N) is 2. The molecule has 1 fully saturated rings. The number of aliphatic imine (C=N–C) groups is 1. The van der Waals surface area contributed by atoms with Crippen molar-refractivity contribution in [3.05, 3.63) is 0 Å². The summed E-state index contributed by atoms with van der Waals surface area (Å²) >= 11 is 0. The number of hydrogen-bond acceptors (Lipinski definition) is 2. The molecule has 16 heavy (non-hydrogen) atoms. The number of nitrogens with two attached hydrogens (primary N) is 1. The largest absolute Gasteiger partial charge is 0.393 e. The average Bonchev–Trinajstić information content (AvgIpc) is 2.26. The van der Waals surface area contributed by atoms with Gasteiger partial charge < -0.3 is 15.7 Å². The van der Waals surface area contributed by atoms with Crippen LogP contribution in [0.1, 0.15) is 33.6 Å². The van der Waals surface area contributed by atoms with Crippen LogP contribution >= 0.6 is 0 Å². The van der Waals surface area contributed by atoms with Crippen molar-refractivity contribution in [2.24, 2.45) is 22.6 Å². The summed E-state index contributed by atoms with van der Waals surface area (Å²) < 4.78 is 0. The molecular formula is C12H25N3O. The highest BCUT2D eigenvalue weighted by Crippen LogP contribution is 2.20. The lowest BCUT2D eigenvalue weighted by atomic mass is 9.92. The van der Waals surface area contributed by atoms with Crippen LogP contribution in [0.3, 0.4) is 0 Å². The quantitative estimate of drug-likeness (QED) is 0.559. The van der Waals surface area contributed by atoms with Crippen LogP contribution in [-0.4, -0.2) is 41.7 Å². The molecule has 1 aliphatic heterocycles. The summed E-state index contributed by atoms with van der Waals surface area (Å²) in [6, 6.07) is 0. The monoisotopic (exact) mass is 227 g/mol. The maximum absolute atomic E-state index is 9.50. The molecule has 1 saturated heterocycles. The van der Waals surface area contributed by atoms with Crippen molar-refractivity contribution in [3.63, 3.8) is 0 Å². The second kappa shape index (κ2) is 6.09. The van der Waals surface area contributed by atoms with Crippen LogP contribution < -0.4 is 5.73 Å². The first-order valence-corrected chi connectivity index (χ1v) is 6.23. The predicted molar refractivity (Wildman–Crippen MR) is 67.3 cm³/mol. The fraction of sp³-hybridized carbons (Fsp3) is 0.917. The molecule has 0 amide bonds. The number of rotatable bonds is 3. The van der Waals surface area contributed by atoms with Crippen LogP contribution in [0.5, 0.6) is 0 Å². The molecule has 1 aliphatic rings. The highest BCUT2D eigenvalue weighted by atomic mass is 16.3. The van der Waals surface area contributed by atoms with Gasteiger partial charge in [0.1, 0.15) is 0 Å². The van der Waals surface area contributed by atoms with E-state index in [1.165, 1.54) is 0 Å². The Hall–Kier alpha value is -0.770. The normalized spacial score (nSPS) is 21.6. The molecule has 0 saturated carbocycles. The molecule has 3 N–H and O–H groups in total. The molecule has 94 valence electrons.